The second-order valence-electron chi connectivity index (χ2n) is 5.61. The SMILES string of the molecule is O=C(NC1(c2ccc(F)cc2)CC1)N1CCCNCC1. The molecule has 1 aliphatic carbocycles. The van der Waals surface area contributed by atoms with E-state index < -0.39 is 0 Å². The quantitative estimate of drug-likeness (QED) is 0.866. The third-order valence-corrected chi connectivity index (χ3v) is 4.12. The predicted octanol–water partition coefficient (Wildman–Crippen LogP) is 1.82. The van der Waals surface area contributed by atoms with Gasteiger partial charge in [0.05, 0.1) is 5.54 Å². The van der Waals surface area contributed by atoms with Crippen LogP contribution in [0, 0.1) is 5.82 Å². The number of carbonyl (C=O) groups is 1. The minimum Gasteiger partial charge on any atom is -0.328 e. The highest BCUT2D eigenvalue weighted by Gasteiger charge is 2.46. The molecular weight excluding hydrogens is 257 g/mol. The Hall–Kier alpha value is -1.62. The van der Waals surface area contributed by atoms with Crippen LogP contribution < -0.4 is 10.6 Å². The molecular formula is C15H20FN3O. The molecule has 0 radical (unpaired) electrons. The number of halogens is 1. The van der Waals surface area contributed by atoms with Crippen molar-refractivity contribution in [2.45, 2.75) is 24.8 Å². The molecule has 0 spiro atoms. The molecule has 1 heterocycles. The summed E-state index contributed by atoms with van der Waals surface area (Å²) in [5.41, 5.74) is 0.727. The number of hydrogen-bond acceptors (Lipinski definition) is 2. The first-order valence-corrected chi connectivity index (χ1v) is 7.23. The van der Waals surface area contributed by atoms with Crippen LogP contribution in [0.25, 0.3) is 0 Å². The van der Waals surface area contributed by atoms with Gasteiger partial charge < -0.3 is 15.5 Å². The van der Waals surface area contributed by atoms with Crippen LogP contribution in [-0.4, -0.2) is 37.1 Å². The molecule has 108 valence electrons. The second-order valence-corrected chi connectivity index (χ2v) is 5.61. The van der Waals surface area contributed by atoms with E-state index in [1.54, 1.807) is 12.1 Å². The van der Waals surface area contributed by atoms with Gasteiger partial charge >= 0.3 is 6.03 Å². The summed E-state index contributed by atoms with van der Waals surface area (Å²) in [7, 11) is 0. The summed E-state index contributed by atoms with van der Waals surface area (Å²) in [4.78, 5) is 14.2. The van der Waals surface area contributed by atoms with Crippen LogP contribution in [0.1, 0.15) is 24.8 Å². The molecule has 1 saturated heterocycles. The van der Waals surface area contributed by atoms with Crippen molar-refractivity contribution >= 4 is 6.03 Å². The normalized spacial score (nSPS) is 21.1. The van der Waals surface area contributed by atoms with Gasteiger partial charge in [-0.05, 0) is 43.5 Å². The van der Waals surface area contributed by atoms with Gasteiger partial charge in [-0.2, -0.15) is 0 Å². The monoisotopic (exact) mass is 277 g/mol. The Bertz CT molecular complexity index is 476. The van der Waals surface area contributed by atoms with Crippen molar-refractivity contribution in [2.24, 2.45) is 0 Å². The third-order valence-electron chi connectivity index (χ3n) is 4.12. The van der Waals surface area contributed by atoms with Gasteiger partial charge in [-0.15, -0.1) is 0 Å². The Labute approximate surface area is 118 Å². The first-order valence-electron chi connectivity index (χ1n) is 7.23. The number of rotatable bonds is 2. The summed E-state index contributed by atoms with van der Waals surface area (Å²) in [5, 5.41) is 6.42. The van der Waals surface area contributed by atoms with E-state index in [2.05, 4.69) is 10.6 Å². The Morgan fingerprint density at radius 3 is 2.65 bits per heavy atom. The van der Waals surface area contributed by atoms with Crippen LogP contribution in [0.4, 0.5) is 9.18 Å². The number of nitrogens with one attached hydrogen (secondary N) is 2. The molecule has 0 bridgehead atoms. The largest absolute Gasteiger partial charge is 0.328 e. The Morgan fingerprint density at radius 1 is 1.20 bits per heavy atom. The van der Waals surface area contributed by atoms with Gasteiger partial charge in [0, 0.05) is 19.6 Å². The first kappa shape index (κ1) is 13.4. The molecule has 2 fully saturated rings. The highest BCUT2D eigenvalue weighted by Crippen LogP contribution is 2.45. The molecule has 0 aromatic heterocycles. The third kappa shape index (κ3) is 2.77. The number of hydrogen-bond donors (Lipinski definition) is 2. The van der Waals surface area contributed by atoms with E-state index in [0.29, 0.717) is 0 Å². The van der Waals surface area contributed by atoms with Gasteiger partial charge in [-0.25, -0.2) is 9.18 Å². The Kier molecular flexibility index (Phi) is 3.61. The van der Waals surface area contributed by atoms with Crippen LogP contribution in [-0.2, 0) is 5.54 Å². The van der Waals surface area contributed by atoms with Gasteiger partial charge in [0.15, 0.2) is 0 Å². The number of urea groups is 1. The molecule has 5 heteroatoms. The van der Waals surface area contributed by atoms with Crippen LogP contribution in [0.5, 0.6) is 0 Å². The lowest BCUT2D eigenvalue weighted by Crippen LogP contribution is -2.46. The van der Waals surface area contributed by atoms with Gasteiger partial charge in [-0.1, -0.05) is 12.1 Å². The number of benzene rings is 1. The highest BCUT2D eigenvalue weighted by atomic mass is 19.1. The zero-order valence-corrected chi connectivity index (χ0v) is 11.5. The molecule has 3 rings (SSSR count). The molecule has 1 saturated carbocycles. The maximum Gasteiger partial charge on any atom is 0.318 e. The summed E-state index contributed by atoms with van der Waals surface area (Å²) in [6.07, 6.45) is 2.84. The molecule has 1 aliphatic heterocycles. The Balaban J connectivity index is 1.67. The van der Waals surface area contributed by atoms with Crippen molar-refractivity contribution < 1.29 is 9.18 Å². The fraction of sp³-hybridized carbons (Fsp3) is 0.533. The van der Waals surface area contributed by atoms with Crippen molar-refractivity contribution in [3.8, 4) is 0 Å². The number of nitrogens with zero attached hydrogens (tertiary/aromatic N) is 1. The van der Waals surface area contributed by atoms with Gasteiger partial charge in [0.2, 0.25) is 0 Å². The molecule has 0 atom stereocenters. The lowest BCUT2D eigenvalue weighted by Gasteiger charge is -2.25. The molecule has 0 unspecified atom stereocenters. The van der Waals surface area contributed by atoms with E-state index in [9.17, 15) is 9.18 Å². The summed E-state index contributed by atoms with van der Waals surface area (Å²) >= 11 is 0. The van der Waals surface area contributed by atoms with Crippen LogP contribution in [0.2, 0.25) is 0 Å². The minimum absolute atomic E-state index is 0.00414. The fourth-order valence-electron chi connectivity index (χ4n) is 2.71. The van der Waals surface area contributed by atoms with E-state index in [0.717, 1.165) is 51.0 Å². The smallest absolute Gasteiger partial charge is 0.318 e. The van der Waals surface area contributed by atoms with Gasteiger partial charge in [0.1, 0.15) is 5.82 Å². The molecule has 2 amide bonds. The molecule has 1 aromatic carbocycles. The van der Waals surface area contributed by atoms with E-state index in [-0.39, 0.29) is 17.4 Å². The molecule has 20 heavy (non-hydrogen) atoms. The van der Waals surface area contributed by atoms with Gasteiger partial charge in [0.25, 0.3) is 0 Å². The van der Waals surface area contributed by atoms with Crippen LogP contribution in [0.3, 0.4) is 0 Å². The Morgan fingerprint density at radius 2 is 1.95 bits per heavy atom. The molecule has 2 aliphatic rings. The van der Waals surface area contributed by atoms with Crippen LogP contribution in [0.15, 0.2) is 24.3 Å². The highest BCUT2D eigenvalue weighted by molar-refractivity contribution is 5.76. The fourth-order valence-corrected chi connectivity index (χ4v) is 2.71. The molecule has 4 nitrogen and oxygen atoms in total. The lowest BCUT2D eigenvalue weighted by atomic mass is 10.1. The average molecular weight is 277 g/mol. The minimum atomic E-state index is -0.273. The zero-order chi connectivity index (χ0) is 14.0. The number of amides is 2. The van der Waals surface area contributed by atoms with Crippen LogP contribution >= 0.6 is 0 Å². The maximum atomic E-state index is 13.0. The predicted molar refractivity (Wildman–Crippen MR) is 74.9 cm³/mol. The zero-order valence-electron chi connectivity index (χ0n) is 11.5. The summed E-state index contributed by atoms with van der Waals surface area (Å²) in [6, 6.07) is 6.45. The maximum absolute atomic E-state index is 13.0. The van der Waals surface area contributed by atoms with E-state index in [1.807, 2.05) is 4.90 Å². The summed E-state index contributed by atoms with van der Waals surface area (Å²) in [6.45, 7) is 3.34. The summed E-state index contributed by atoms with van der Waals surface area (Å²) < 4.78 is 13.0. The molecule has 2 N–H and O–H groups in total. The second kappa shape index (κ2) is 5.40. The van der Waals surface area contributed by atoms with Crippen molar-refractivity contribution in [1.29, 1.82) is 0 Å². The lowest BCUT2D eigenvalue weighted by molar-refractivity contribution is 0.195. The standard InChI is InChI=1S/C15H20FN3O/c16-13-4-2-12(3-5-13)15(6-7-15)18-14(20)19-10-1-8-17-9-11-19/h2-5,17H,1,6-11H2,(H,18,20). The van der Waals surface area contributed by atoms with Crippen molar-refractivity contribution in [3.05, 3.63) is 35.6 Å². The van der Waals surface area contributed by atoms with E-state index in [4.69, 9.17) is 0 Å². The first-order chi connectivity index (χ1) is 9.70. The van der Waals surface area contributed by atoms with E-state index >= 15 is 0 Å². The summed E-state index contributed by atoms with van der Waals surface area (Å²) in [5.74, 6) is -0.241. The van der Waals surface area contributed by atoms with Crippen molar-refractivity contribution in [2.75, 3.05) is 26.2 Å². The topological polar surface area (TPSA) is 44.4 Å². The molecule has 1 aromatic rings. The van der Waals surface area contributed by atoms with Crippen molar-refractivity contribution in [3.63, 3.8) is 0 Å². The van der Waals surface area contributed by atoms with Crippen molar-refractivity contribution in [1.82, 2.24) is 15.5 Å². The van der Waals surface area contributed by atoms with E-state index in [1.165, 1.54) is 12.1 Å². The van der Waals surface area contributed by atoms with Gasteiger partial charge in [-0.3, -0.25) is 0 Å². The average Bonchev–Trinajstić information content (AvgIpc) is 3.23. The number of carbonyl (C=O) groups excluding carboxylic acids is 1.